The summed E-state index contributed by atoms with van der Waals surface area (Å²) in [5.74, 6) is -1.81. The molecule has 1 aromatic carbocycles. The molecule has 12 heteroatoms. The van der Waals surface area contributed by atoms with Gasteiger partial charge in [0.15, 0.2) is 5.78 Å². The van der Waals surface area contributed by atoms with Gasteiger partial charge < -0.3 is 36.5 Å². The summed E-state index contributed by atoms with van der Waals surface area (Å²) >= 11 is 0. The Bertz CT molecular complexity index is 1140. The highest BCUT2D eigenvalue weighted by atomic mass is 16.6. The van der Waals surface area contributed by atoms with Gasteiger partial charge in [-0.1, -0.05) is 37.8 Å². The first kappa shape index (κ1) is 31.6. The van der Waals surface area contributed by atoms with Crippen LogP contribution in [0.15, 0.2) is 24.3 Å². The predicted octanol–water partition coefficient (Wildman–Crippen LogP) is 0.119. The van der Waals surface area contributed by atoms with Gasteiger partial charge in [-0.05, 0) is 43.9 Å². The molecular weight excluding hydrogens is 542 g/mol. The molecule has 0 spiro atoms. The Hall–Kier alpha value is -3.35. The zero-order chi connectivity index (χ0) is 30.3. The molecule has 0 aromatic heterocycles. The number of hydrogen-bond donors (Lipinski definition) is 5. The van der Waals surface area contributed by atoms with Crippen molar-refractivity contribution in [2.45, 2.75) is 88.6 Å². The minimum Gasteiger partial charge on any atom is -0.375 e. The van der Waals surface area contributed by atoms with Crippen molar-refractivity contribution in [2.75, 3.05) is 26.3 Å². The Morgan fingerprint density at radius 1 is 1.02 bits per heavy atom. The summed E-state index contributed by atoms with van der Waals surface area (Å²) in [6.45, 7) is 5.37. The summed E-state index contributed by atoms with van der Waals surface area (Å²) < 4.78 is 11.0. The van der Waals surface area contributed by atoms with E-state index in [9.17, 15) is 24.0 Å². The van der Waals surface area contributed by atoms with Crippen LogP contribution in [0.25, 0.3) is 0 Å². The molecule has 1 unspecified atom stereocenters. The number of carbonyl (C=O) groups excluding carboxylic acids is 5. The maximum atomic E-state index is 13.7. The van der Waals surface area contributed by atoms with Gasteiger partial charge in [0.25, 0.3) is 0 Å². The summed E-state index contributed by atoms with van der Waals surface area (Å²) in [5, 5.41) is 11.5. The highest BCUT2D eigenvalue weighted by Gasteiger charge is 2.50. The van der Waals surface area contributed by atoms with Crippen LogP contribution in [0.5, 0.6) is 0 Å². The smallest absolute Gasteiger partial charge is 0.248 e. The quantitative estimate of drug-likeness (QED) is 0.191. The van der Waals surface area contributed by atoms with Crippen LogP contribution >= 0.6 is 0 Å². The first-order valence-corrected chi connectivity index (χ1v) is 14.8. The second kappa shape index (κ2) is 14.2. The molecule has 12 nitrogen and oxygen atoms in total. The molecule has 4 rings (SSSR count). The van der Waals surface area contributed by atoms with Crippen molar-refractivity contribution in [1.29, 1.82) is 0 Å². The molecule has 42 heavy (non-hydrogen) atoms. The van der Waals surface area contributed by atoms with Gasteiger partial charge in [0.1, 0.15) is 17.7 Å². The van der Waals surface area contributed by atoms with Gasteiger partial charge in [-0.15, -0.1) is 0 Å². The summed E-state index contributed by atoms with van der Waals surface area (Å²) in [5.41, 5.74) is 5.44. The summed E-state index contributed by atoms with van der Waals surface area (Å²) in [6.07, 6.45) is 4.64. The van der Waals surface area contributed by atoms with E-state index < -0.39 is 41.4 Å². The van der Waals surface area contributed by atoms with E-state index in [1.54, 1.807) is 38.1 Å². The number of carbonyl (C=O) groups is 5. The lowest BCUT2D eigenvalue weighted by atomic mass is 9.90. The van der Waals surface area contributed by atoms with Gasteiger partial charge in [-0.25, -0.2) is 0 Å². The third-order valence-corrected chi connectivity index (χ3v) is 8.27. The van der Waals surface area contributed by atoms with Crippen LogP contribution in [0.3, 0.4) is 0 Å². The van der Waals surface area contributed by atoms with Crippen molar-refractivity contribution in [1.82, 2.24) is 21.3 Å². The van der Waals surface area contributed by atoms with Gasteiger partial charge >= 0.3 is 0 Å². The van der Waals surface area contributed by atoms with E-state index in [2.05, 4.69) is 21.3 Å². The fourth-order valence-electron chi connectivity index (χ4n) is 5.57. The third kappa shape index (κ3) is 8.83. The number of ketones is 1. The number of morpholine rings is 1. The van der Waals surface area contributed by atoms with Crippen molar-refractivity contribution in [3.8, 4) is 0 Å². The fourth-order valence-corrected chi connectivity index (χ4v) is 5.57. The van der Waals surface area contributed by atoms with E-state index in [-0.39, 0.29) is 30.6 Å². The monoisotopic (exact) mass is 585 g/mol. The topological polar surface area (TPSA) is 181 Å². The molecule has 1 saturated carbocycles. The number of primary amides is 1. The summed E-state index contributed by atoms with van der Waals surface area (Å²) in [7, 11) is 0. The van der Waals surface area contributed by atoms with Crippen molar-refractivity contribution in [3.63, 3.8) is 0 Å². The molecule has 2 aliphatic heterocycles. The molecular formula is C30H43N5O7. The lowest BCUT2D eigenvalue weighted by Gasteiger charge is -2.27. The molecule has 2 heterocycles. The van der Waals surface area contributed by atoms with Crippen molar-refractivity contribution >= 4 is 29.4 Å². The maximum absolute atomic E-state index is 13.7. The molecule has 230 valence electrons. The van der Waals surface area contributed by atoms with Crippen molar-refractivity contribution in [3.05, 3.63) is 35.4 Å². The van der Waals surface area contributed by atoms with Crippen molar-refractivity contribution in [2.24, 2.45) is 11.7 Å². The van der Waals surface area contributed by atoms with E-state index in [4.69, 9.17) is 15.2 Å². The second-order valence-electron chi connectivity index (χ2n) is 11.8. The first-order chi connectivity index (χ1) is 20.0. The fraction of sp³-hybridized carbons (Fsp3) is 0.633. The number of epoxide rings is 1. The molecule has 3 fully saturated rings. The molecule has 3 aliphatic rings. The van der Waals surface area contributed by atoms with Gasteiger partial charge in [-0.3, -0.25) is 24.0 Å². The molecule has 2 saturated heterocycles. The normalized spacial score (nSPS) is 24.2. The van der Waals surface area contributed by atoms with E-state index in [1.165, 1.54) is 0 Å². The number of amides is 4. The highest BCUT2D eigenvalue weighted by molar-refractivity contribution is 5.98. The molecule has 5 atom stereocenters. The number of ether oxygens (including phenoxy) is 2. The Morgan fingerprint density at radius 2 is 1.69 bits per heavy atom. The zero-order valence-electron chi connectivity index (χ0n) is 24.4. The lowest BCUT2D eigenvalue weighted by Crippen LogP contribution is -2.57. The summed E-state index contributed by atoms with van der Waals surface area (Å²) in [6, 6.07) is 3.72. The Labute approximate surface area is 246 Å². The average molecular weight is 586 g/mol. The van der Waals surface area contributed by atoms with Gasteiger partial charge in [-0.2, -0.15) is 0 Å². The number of nitrogens with one attached hydrogen (secondary N) is 4. The molecule has 4 amide bonds. The predicted molar refractivity (Wildman–Crippen MR) is 153 cm³/mol. The number of benzene rings is 1. The van der Waals surface area contributed by atoms with Crippen LogP contribution in [0.2, 0.25) is 0 Å². The highest BCUT2D eigenvalue weighted by Crippen LogP contribution is 2.33. The van der Waals surface area contributed by atoms with Crippen LogP contribution in [0, 0.1) is 5.92 Å². The van der Waals surface area contributed by atoms with Crippen LogP contribution in [-0.2, 0) is 35.1 Å². The number of rotatable bonds is 14. The Morgan fingerprint density at radius 3 is 2.29 bits per heavy atom. The van der Waals surface area contributed by atoms with Gasteiger partial charge in [0.2, 0.25) is 23.6 Å². The molecule has 1 aromatic rings. The van der Waals surface area contributed by atoms with Gasteiger partial charge in [0, 0.05) is 25.1 Å². The first-order valence-electron chi connectivity index (χ1n) is 14.8. The standard InChI is InChI=1S/C30H43N5O7/c1-18(33-25(36)15-22-16-32-11-12-41-22)28(39)35-24(14-20-7-9-21(10-8-20)27(31)38)29(40)34-23(13-19-5-3-4-6-19)26(37)30(2)17-42-30/h7-10,18-19,22-24,32H,3-6,11-17H2,1-2H3,(H2,31,38)(H,33,36)(H,34,40)(H,35,39)/t18-,22?,23-,24-,30+/m0/s1. The van der Waals surface area contributed by atoms with Crippen LogP contribution in [-0.4, -0.2) is 85.5 Å². The molecule has 0 radical (unpaired) electrons. The molecule has 1 aliphatic carbocycles. The molecule has 6 N–H and O–H groups in total. The zero-order valence-corrected chi connectivity index (χ0v) is 24.4. The molecule has 0 bridgehead atoms. The largest absolute Gasteiger partial charge is 0.375 e. The third-order valence-electron chi connectivity index (χ3n) is 8.27. The van der Waals surface area contributed by atoms with Gasteiger partial charge in [0.05, 0.1) is 31.8 Å². The number of hydrogen-bond acceptors (Lipinski definition) is 8. The average Bonchev–Trinajstić information content (AvgIpc) is 3.50. The Kier molecular flexibility index (Phi) is 10.7. The van der Waals surface area contributed by atoms with Crippen LogP contribution in [0.1, 0.15) is 68.3 Å². The van der Waals surface area contributed by atoms with Crippen molar-refractivity contribution < 1.29 is 33.4 Å². The summed E-state index contributed by atoms with van der Waals surface area (Å²) in [4.78, 5) is 64.2. The van der Waals surface area contributed by atoms with E-state index in [0.717, 1.165) is 32.2 Å². The van der Waals surface area contributed by atoms with Crippen LogP contribution < -0.4 is 27.0 Å². The van der Waals surface area contributed by atoms with Crippen LogP contribution in [0.4, 0.5) is 0 Å². The lowest BCUT2D eigenvalue weighted by molar-refractivity contribution is -0.134. The number of nitrogens with two attached hydrogens (primary N) is 1. The number of Topliss-reactive ketones (excluding diaryl/α,β-unsaturated/α-hetero) is 1. The SMILES string of the molecule is C[C@H](NC(=O)CC1CNCCO1)C(=O)N[C@@H](Cc1ccc(C(N)=O)cc1)C(=O)N[C@@H](CC1CCCC1)C(=O)[C@@]1(C)CO1. The van der Waals surface area contributed by atoms with E-state index in [0.29, 0.717) is 43.2 Å². The minimum atomic E-state index is -1.05. The second-order valence-corrected chi connectivity index (χ2v) is 11.8. The Balaban J connectivity index is 1.45. The minimum absolute atomic E-state index is 0.0942. The van der Waals surface area contributed by atoms with E-state index in [1.807, 2.05) is 0 Å². The maximum Gasteiger partial charge on any atom is 0.248 e. The van der Waals surface area contributed by atoms with E-state index >= 15 is 0 Å².